The molecular weight excluding hydrogens is 397 g/mol. The van der Waals surface area contributed by atoms with Gasteiger partial charge in [0.1, 0.15) is 5.82 Å². The number of amides is 2. The van der Waals surface area contributed by atoms with Gasteiger partial charge in [-0.2, -0.15) is 0 Å². The summed E-state index contributed by atoms with van der Waals surface area (Å²) in [6.07, 6.45) is 0. The third kappa shape index (κ3) is 4.17. The quantitative estimate of drug-likeness (QED) is 0.704. The van der Waals surface area contributed by atoms with E-state index in [4.69, 9.17) is 16.3 Å². The molecule has 1 fully saturated rings. The van der Waals surface area contributed by atoms with Crippen LogP contribution in [0.5, 0.6) is 5.88 Å². The Kier molecular flexibility index (Phi) is 5.35. The van der Waals surface area contributed by atoms with E-state index in [9.17, 15) is 9.18 Å². The van der Waals surface area contributed by atoms with Gasteiger partial charge in [0.05, 0.1) is 18.1 Å². The number of halogens is 2. The molecule has 29 heavy (non-hydrogen) atoms. The normalized spacial score (nSPS) is 14.2. The summed E-state index contributed by atoms with van der Waals surface area (Å²) >= 11 is 5.94. The van der Waals surface area contributed by atoms with E-state index in [0.717, 1.165) is 5.69 Å². The zero-order valence-corrected chi connectivity index (χ0v) is 16.5. The van der Waals surface area contributed by atoms with Gasteiger partial charge in [-0.15, -0.1) is 0 Å². The van der Waals surface area contributed by atoms with Crippen LogP contribution in [0.1, 0.15) is 0 Å². The van der Waals surface area contributed by atoms with E-state index in [1.807, 2.05) is 24.3 Å². The molecule has 1 aliphatic rings. The Bertz CT molecular complexity index is 1040. The topological polar surface area (TPSA) is 70.6 Å². The maximum atomic E-state index is 13.4. The van der Waals surface area contributed by atoms with Crippen molar-refractivity contribution < 1.29 is 13.9 Å². The van der Waals surface area contributed by atoms with Crippen molar-refractivity contribution in [1.29, 1.82) is 0 Å². The van der Waals surface area contributed by atoms with Crippen LogP contribution in [-0.2, 0) is 0 Å². The van der Waals surface area contributed by atoms with Gasteiger partial charge in [-0.1, -0.05) is 11.6 Å². The van der Waals surface area contributed by atoms with Crippen molar-refractivity contribution in [3.63, 3.8) is 0 Å². The number of nitrogens with one attached hydrogen (secondary N) is 1. The van der Waals surface area contributed by atoms with E-state index < -0.39 is 5.82 Å². The zero-order chi connectivity index (χ0) is 20.4. The average Bonchev–Trinajstić information content (AvgIpc) is 2.74. The molecule has 150 valence electrons. The lowest BCUT2D eigenvalue weighted by Crippen LogP contribution is -2.50. The molecule has 1 aromatic heterocycles. The van der Waals surface area contributed by atoms with Gasteiger partial charge in [0.15, 0.2) is 5.82 Å². The van der Waals surface area contributed by atoms with Crippen molar-refractivity contribution in [3.05, 3.63) is 53.3 Å². The minimum Gasteiger partial charge on any atom is -0.478 e. The van der Waals surface area contributed by atoms with Crippen LogP contribution in [0, 0.1) is 5.82 Å². The largest absolute Gasteiger partial charge is 0.478 e. The predicted octanol–water partition coefficient (Wildman–Crippen LogP) is 3.79. The van der Waals surface area contributed by atoms with Gasteiger partial charge in [-0.3, -0.25) is 5.32 Å². The highest BCUT2D eigenvalue weighted by Crippen LogP contribution is 2.24. The maximum absolute atomic E-state index is 13.4. The molecule has 2 aromatic carbocycles. The highest BCUT2D eigenvalue weighted by atomic mass is 35.5. The molecule has 0 spiro atoms. The van der Waals surface area contributed by atoms with Crippen molar-refractivity contribution in [2.24, 2.45) is 0 Å². The van der Waals surface area contributed by atoms with E-state index in [1.54, 1.807) is 4.90 Å². The fourth-order valence-corrected chi connectivity index (χ4v) is 3.36. The smallest absolute Gasteiger partial charge is 0.323 e. The molecular formula is C20H19ClFN5O2. The van der Waals surface area contributed by atoms with Crippen molar-refractivity contribution in [3.8, 4) is 5.88 Å². The molecule has 1 saturated heterocycles. The summed E-state index contributed by atoms with van der Waals surface area (Å²) in [4.78, 5) is 25.2. The maximum Gasteiger partial charge on any atom is 0.323 e. The highest BCUT2D eigenvalue weighted by molar-refractivity contribution is 6.30. The Labute approximate surface area is 172 Å². The number of benzene rings is 2. The summed E-state index contributed by atoms with van der Waals surface area (Å²) in [7, 11) is 1.43. The summed E-state index contributed by atoms with van der Waals surface area (Å²) in [5.74, 6) is -0.0720. The number of hydrogen-bond donors (Lipinski definition) is 1. The third-order valence-corrected chi connectivity index (χ3v) is 5.02. The van der Waals surface area contributed by atoms with Gasteiger partial charge < -0.3 is 14.5 Å². The van der Waals surface area contributed by atoms with Crippen molar-refractivity contribution >= 4 is 40.2 Å². The van der Waals surface area contributed by atoms with Gasteiger partial charge in [0, 0.05) is 43.0 Å². The number of hydrogen-bond acceptors (Lipinski definition) is 5. The number of nitrogens with zero attached hydrogens (tertiary/aromatic N) is 4. The SMILES string of the molecule is COc1nc2cc(F)ccc2nc1NC(=O)N1CCN(c2ccc(Cl)cc2)CC1. The van der Waals surface area contributed by atoms with E-state index >= 15 is 0 Å². The van der Waals surface area contributed by atoms with Crippen LogP contribution in [0.25, 0.3) is 11.0 Å². The summed E-state index contributed by atoms with van der Waals surface area (Å²) in [5, 5.41) is 3.45. The van der Waals surface area contributed by atoms with Gasteiger partial charge in [-0.25, -0.2) is 19.2 Å². The summed E-state index contributed by atoms with van der Waals surface area (Å²) in [6, 6.07) is 11.4. The van der Waals surface area contributed by atoms with E-state index in [0.29, 0.717) is 42.2 Å². The molecule has 1 aliphatic heterocycles. The van der Waals surface area contributed by atoms with Crippen molar-refractivity contribution in [2.75, 3.05) is 43.5 Å². The third-order valence-electron chi connectivity index (χ3n) is 4.77. The predicted molar refractivity (Wildman–Crippen MR) is 110 cm³/mol. The first-order valence-corrected chi connectivity index (χ1v) is 9.49. The molecule has 9 heteroatoms. The zero-order valence-electron chi connectivity index (χ0n) is 15.7. The average molecular weight is 416 g/mol. The number of carbonyl (C=O) groups excluding carboxylic acids is 1. The molecule has 3 aromatic rings. The van der Waals surface area contributed by atoms with Crippen LogP contribution in [0.4, 0.5) is 20.7 Å². The minimum atomic E-state index is -0.413. The summed E-state index contributed by atoms with van der Waals surface area (Å²) in [5.41, 5.74) is 1.90. The lowest BCUT2D eigenvalue weighted by Gasteiger charge is -2.36. The Morgan fingerprint density at radius 3 is 2.48 bits per heavy atom. The second-order valence-corrected chi connectivity index (χ2v) is 7.03. The molecule has 2 heterocycles. The standard InChI is InChI=1S/C20H19ClFN5O2/c1-29-19-18(23-16-7-4-14(22)12-17(16)24-19)25-20(28)27-10-8-26(9-11-27)15-5-2-13(21)3-6-15/h2-7,12H,8-11H2,1H3,(H,23,25,28). The fourth-order valence-electron chi connectivity index (χ4n) is 3.24. The first-order valence-electron chi connectivity index (χ1n) is 9.11. The van der Waals surface area contributed by atoms with Crippen LogP contribution in [-0.4, -0.2) is 54.2 Å². The molecule has 0 atom stereocenters. The number of methoxy groups -OCH3 is 1. The van der Waals surface area contributed by atoms with Crippen LogP contribution >= 0.6 is 11.6 Å². The number of rotatable bonds is 3. The van der Waals surface area contributed by atoms with E-state index in [-0.39, 0.29) is 17.7 Å². The summed E-state index contributed by atoms with van der Waals surface area (Å²) in [6.45, 7) is 2.52. The number of ether oxygens (including phenoxy) is 1. The Hall–Kier alpha value is -3.13. The number of piperazine rings is 1. The van der Waals surface area contributed by atoms with Crippen LogP contribution in [0.3, 0.4) is 0 Å². The molecule has 0 aliphatic carbocycles. The first kappa shape index (κ1) is 19.2. The fraction of sp³-hybridized carbons (Fsp3) is 0.250. The number of carbonyl (C=O) groups is 1. The monoisotopic (exact) mass is 415 g/mol. The lowest BCUT2D eigenvalue weighted by molar-refractivity contribution is 0.208. The second kappa shape index (κ2) is 8.08. The molecule has 0 unspecified atom stereocenters. The van der Waals surface area contributed by atoms with Crippen LogP contribution in [0.15, 0.2) is 42.5 Å². The van der Waals surface area contributed by atoms with Gasteiger partial charge >= 0.3 is 6.03 Å². The molecule has 0 saturated carbocycles. The molecule has 2 amide bonds. The van der Waals surface area contributed by atoms with E-state index in [1.165, 1.54) is 25.3 Å². The number of aromatic nitrogens is 2. The number of anilines is 2. The molecule has 4 rings (SSSR count). The van der Waals surface area contributed by atoms with Gasteiger partial charge in [-0.05, 0) is 36.4 Å². The molecule has 7 nitrogen and oxygen atoms in total. The number of urea groups is 1. The molecule has 0 bridgehead atoms. The Morgan fingerprint density at radius 2 is 1.79 bits per heavy atom. The minimum absolute atomic E-state index is 0.135. The highest BCUT2D eigenvalue weighted by Gasteiger charge is 2.23. The van der Waals surface area contributed by atoms with Crippen molar-refractivity contribution in [2.45, 2.75) is 0 Å². The number of fused-ring (bicyclic) bond motifs is 1. The first-order chi connectivity index (χ1) is 14.0. The lowest BCUT2D eigenvalue weighted by atomic mass is 10.2. The van der Waals surface area contributed by atoms with Gasteiger partial charge in [0.2, 0.25) is 0 Å². The molecule has 0 radical (unpaired) electrons. The molecule has 1 N–H and O–H groups in total. The van der Waals surface area contributed by atoms with E-state index in [2.05, 4.69) is 20.2 Å². The van der Waals surface area contributed by atoms with Gasteiger partial charge in [0.25, 0.3) is 5.88 Å². The van der Waals surface area contributed by atoms with Crippen molar-refractivity contribution in [1.82, 2.24) is 14.9 Å². The Balaban J connectivity index is 1.44. The van der Waals surface area contributed by atoms with Crippen LogP contribution < -0.4 is 15.0 Å². The second-order valence-electron chi connectivity index (χ2n) is 6.60. The summed E-state index contributed by atoms with van der Waals surface area (Å²) < 4.78 is 18.6. The Morgan fingerprint density at radius 1 is 1.07 bits per heavy atom. The van der Waals surface area contributed by atoms with Crippen LogP contribution in [0.2, 0.25) is 5.02 Å².